The van der Waals surface area contributed by atoms with E-state index < -0.39 is 0 Å². The summed E-state index contributed by atoms with van der Waals surface area (Å²) in [6.45, 7) is 4.37. The van der Waals surface area contributed by atoms with Gasteiger partial charge < -0.3 is 10.2 Å². The van der Waals surface area contributed by atoms with E-state index in [1.165, 1.54) is 0 Å². The molecule has 1 fully saturated rings. The zero-order valence-corrected chi connectivity index (χ0v) is 10.8. The molecule has 0 saturated heterocycles. The summed E-state index contributed by atoms with van der Waals surface area (Å²) in [6, 6.07) is 0. The largest absolute Gasteiger partial charge is 0.396 e. The molecule has 96 valence electrons. The Morgan fingerprint density at radius 2 is 2.06 bits per heavy atom. The van der Waals surface area contributed by atoms with Crippen LogP contribution in [0.25, 0.3) is 0 Å². The van der Waals surface area contributed by atoms with Crippen LogP contribution in [0.4, 0.5) is 0 Å². The van der Waals surface area contributed by atoms with Crippen molar-refractivity contribution in [3.05, 3.63) is 24.3 Å². The molecule has 1 saturated carbocycles. The molecule has 0 aromatic heterocycles. The summed E-state index contributed by atoms with van der Waals surface area (Å²) in [4.78, 5) is 0. The number of rotatable bonds is 2. The molecule has 0 aliphatic heterocycles. The second kappa shape index (κ2) is 5.36. The predicted octanol–water partition coefficient (Wildman–Crippen LogP) is 2.38. The van der Waals surface area contributed by atoms with Crippen LogP contribution in [0.3, 0.4) is 0 Å². The predicted molar refractivity (Wildman–Crippen MR) is 69.4 cm³/mol. The summed E-state index contributed by atoms with van der Waals surface area (Å²) in [6.07, 6.45) is 10.5. The van der Waals surface area contributed by atoms with Gasteiger partial charge in [-0.1, -0.05) is 31.2 Å². The van der Waals surface area contributed by atoms with Crippen molar-refractivity contribution < 1.29 is 10.2 Å². The summed E-state index contributed by atoms with van der Waals surface area (Å²) in [5.74, 6) is 1.80. The van der Waals surface area contributed by atoms with Crippen molar-refractivity contribution in [1.29, 1.82) is 0 Å². The Morgan fingerprint density at radius 1 is 1.29 bits per heavy atom. The molecular weight excluding hydrogens is 212 g/mol. The van der Waals surface area contributed by atoms with E-state index in [-0.39, 0.29) is 24.5 Å². The van der Waals surface area contributed by atoms with Gasteiger partial charge in [-0.2, -0.15) is 0 Å². The maximum absolute atomic E-state index is 10.3. The van der Waals surface area contributed by atoms with E-state index in [1.54, 1.807) is 0 Å². The molecule has 0 aromatic carbocycles. The van der Waals surface area contributed by atoms with E-state index >= 15 is 0 Å². The molecule has 0 radical (unpaired) electrons. The van der Waals surface area contributed by atoms with Gasteiger partial charge in [-0.05, 0) is 49.4 Å². The van der Waals surface area contributed by atoms with E-state index in [0.29, 0.717) is 17.8 Å². The molecule has 0 unspecified atom stereocenters. The van der Waals surface area contributed by atoms with Crippen molar-refractivity contribution in [3.63, 3.8) is 0 Å². The molecule has 0 aromatic rings. The second-order valence-electron chi connectivity index (χ2n) is 5.66. The number of hydrogen-bond donors (Lipinski definition) is 2. The first-order chi connectivity index (χ1) is 8.17. The molecule has 2 N–H and O–H groups in total. The molecule has 17 heavy (non-hydrogen) atoms. The van der Waals surface area contributed by atoms with Gasteiger partial charge in [-0.3, -0.25) is 0 Å². The van der Waals surface area contributed by atoms with Gasteiger partial charge >= 0.3 is 0 Å². The van der Waals surface area contributed by atoms with Crippen molar-refractivity contribution in [2.24, 2.45) is 29.6 Å². The molecule has 2 aliphatic rings. The van der Waals surface area contributed by atoms with Crippen molar-refractivity contribution in [1.82, 2.24) is 0 Å². The molecule has 0 bridgehead atoms. The van der Waals surface area contributed by atoms with Crippen molar-refractivity contribution >= 4 is 0 Å². The smallest absolute Gasteiger partial charge is 0.0583 e. The summed E-state index contributed by atoms with van der Waals surface area (Å²) in [5.41, 5.74) is 0. The molecule has 2 nitrogen and oxygen atoms in total. The van der Waals surface area contributed by atoms with E-state index in [2.05, 4.69) is 31.2 Å². The summed E-state index contributed by atoms with van der Waals surface area (Å²) >= 11 is 0. The Morgan fingerprint density at radius 3 is 2.71 bits per heavy atom. The normalized spacial score (nSPS) is 46.1. The zero-order chi connectivity index (χ0) is 12.4. The Bertz CT molecular complexity index is 308. The maximum atomic E-state index is 10.3. The zero-order valence-electron chi connectivity index (χ0n) is 10.8. The highest BCUT2D eigenvalue weighted by molar-refractivity contribution is 5.09. The Balaban J connectivity index is 2.17. The van der Waals surface area contributed by atoms with Gasteiger partial charge in [0.1, 0.15) is 0 Å². The third-order valence-electron chi connectivity index (χ3n) is 4.56. The Labute approximate surface area is 104 Å². The van der Waals surface area contributed by atoms with Crippen LogP contribution < -0.4 is 0 Å². The standard InChI is InChI=1S/C15H24O2/c1-3-4-11-7-12-6-5-10(2)13(9-16)15(12)14(17)8-11/h3-6,10-17H,7-9H2,1-2H3/b4-3-/t10-,11-,12-,13-,14-,15-/m0/s1. The first kappa shape index (κ1) is 12.8. The number of fused-ring (bicyclic) bond motifs is 1. The van der Waals surface area contributed by atoms with Gasteiger partial charge in [-0.15, -0.1) is 0 Å². The van der Waals surface area contributed by atoms with Crippen LogP contribution in [0, 0.1) is 29.6 Å². The molecule has 0 spiro atoms. The fraction of sp³-hybridized carbons (Fsp3) is 0.733. The third-order valence-corrected chi connectivity index (χ3v) is 4.56. The van der Waals surface area contributed by atoms with E-state index in [0.717, 1.165) is 12.8 Å². The van der Waals surface area contributed by atoms with Crippen LogP contribution >= 0.6 is 0 Å². The number of aliphatic hydroxyl groups excluding tert-OH is 2. The van der Waals surface area contributed by atoms with Gasteiger partial charge in [0.2, 0.25) is 0 Å². The maximum Gasteiger partial charge on any atom is 0.0583 e. The highest BCUT2D eigenvalue weighted by Gasteiger charge is 2.42. The summed E-state index contributed by atoms with van der Waals surface area (Å²) in [7, 11) is 0. The van der Waals surface area contributed by atoms with Crippen LogP contribution in [0.2, 0.25) is 0 Å². The van der Waals surface area contributed by atoms with Crippen molar-refractivity contribution in [3.8, 4) is 0 Å². The molecule has 2 heteroatoms. The van der Waals surface area contributed by atoms with Crippen molar-refractivity contribution in [2.45, 2.75) is 32.8 Å². The second-order valence-corrected chi connectivity index (χ2v) is 5.66. The monoisotopic (exact) mass is 236 g/mol. The SMILES string of the molecule is C/C=C\[C@@H]1C[C@H](O)[C@@H]2[C@@H](CO)[C@@H](C)C=C[C@H]2C1. The number of hydrogen-bond acceptors (Lipinski definition) is 2. The van der Waals surface area contributed by atoms with E-state index in [1.807, 2.05) is 6.92 Å². The average molecular weight is 236 g/mol. The van der Waals surface area contributed by atoms with Gasteiger partial charge in [0.15, 0.2) is 0 Å². The quantitative estimate of drug-likeness (QED) is 0.723. The van der Waals surface area contributed by atoms with Crippen LogP contribution in [0.15, 0.2) is 24.3 Å². The number of aliphatic hydroxyl groups is 2. The van der Waals surface area contributed by atoms with Crippen LogP contribution in [-0.4, -0.2) is 22.9 Å². The summed E-state index contributed by atoms with van der Waals surface area (Å²) in [5, 5.41) is 19.9. The van der Waals surface area contributed by atoms with E-state index in [4.69, 9.17) is 0 Å². The topological polar surface area (TPSA) is 40.5 Å². The molecule has 6 atom stereocenters. The highest BCUT2D eigenvalue weighted by atomic mass is 16.3. The van der Waals surface area contributed by atoms with Gasteiger partial charge in [-0.25, -0.2) is 0 Å². The van der Waals surface area contributed by atoms with E-state index in [9.17, 15) is 10.2 Å². The molecule has 2 rings (SSSR count). The van der Waals surface area contributed by atoms with Gasteiger partial charge in [0.05, 0.1) is 6.10 Å². The molecule has 0 amide bonds. The van der Waals surface area contributed by atoms with Crippen molar-refractivity contribution in [2.75, 3.05) is 6.61 Å². The van der Waals surface area contributed by atoms with Crippen LogP contribution in [0.1, 0.15) is 26.7 Å². The fourth-order valence-corrected chi connectivity index (χ4v) is 3.69. The van der Waals surface area contributed by atoms with Gasteiger partial charge in [0.25, 0.3) is 0 Å². The highest BCUT2D eigenvalue weighted by Crippen LogP contribution is 2.44. The molecule has 2 aliphatic carbocycles. The van der Waals surface area contributed by atoms with Crippen LogP contribution in [0.5, 0.6) is 0 Å². The third kappa shape index (κ3) is 2.48. The van der Waals surface area contributed by atoms with Gasteiger partial charge in [0, 0.05) is 6.61 Å². The lowest BCUT2D eigenvalue weighted by molar-refractivity contribution is -0.0320. The fourth-order valence-electron chi connectivity index (χ4n) is 3.69. The molecule has 0 heterocycles. The lowest BCUT2D eigenvalue weighted by Crippen LogP contribution is -2.44. The first-order valence-electron chi connectivity index (χ1n) is 6.77. The number of allylic oxidation sites excluding steroid dienone is 4. The lowest BCUT2D eigenvalue weighted by Gasteiger charge is -2.45. The average Bonchev–Trinajstić information content (AvgIpc) is 2.30. The molecular formula is C15H24O2. The minimum absolute atomic E-state index is 0.192. The minimum atomic E-state index is -0.264. The Hall–Kier alpha value is -0.600. The minimum Gasteiger partial charge on any atom is -0.396 e. The summed E-state index contributed by atoms with van der Waals surface area (Å²) < 4.78 is 0. The lowest BCUT2D eigenvalue weighted by atomic mass is 9.62. The first-order valence-corrected chi connectivity index (χ1v) is 6.77. The Kier molecular flexibility index (Phi) is 4.05. The van der Waals surface area contributed by atoms with Crippen LogP contribution in [-0.2, 0) is 0 Å².